The van der Waals surface area contributed by atoms with Crippen LogP contribution in [-0.4, -0.2) is 21.7 Å². The van der Waals surface area contributed by atoms with E-state index in [-0.39, 0.29) is 0 Å². The van der Waals surface area contributed by atoms with Crippen molar-refractivity contribution in [2.24, 2.45) is 0 Å². The highest BCUT2D eigenvalue weighted by Crippen LogP contribution is 2.24. The van der Waals surface area contributed by atoms with Crippen molar-refractivity contribution in [3.8, 4) is 0 Å². The summed E-state index contributed by atoms with van der Waals surface area (Å²) in [4.78, 5) is 2.26. The molecular weight excluding hydrogens is 350 g/mol. The van der Waals surface area contributed by atoms with Crippen LogP contribution in [0.25, 0.3) is 0 Å². The van der Waals surface area contributed by atoms with Gasteiger partial charge in [-0.1, -0.05) is 36.7 Å². The van der Waals surface area contributed by atoms with Gasteiger partial charge in [0.15, 0.2) is 0 Å². The molecular formula is C16H21BrClN3. The van der Waals surface area contributed by atoms with E-state index in [1.165, 1.54) is 5.69 Å². The van der Waals surface area contributed by atoms with Gasteiger partial charge in [0.1, 0.15) is 0 Å². The molecule has 3 nitrogen and oxygen atoms in total. The highest BCUT2D eigenvalue weighted by atomic mass is 79.9. The summed E-state index contributed by atoms with van der Waals surface area (Å²) in [5.74, 6) is 0. The Morgan fingerprint density at radius 1 is 1.24 bits per heavy atom. The summed E-state index contributed by atoms with van der Waals surface area (Å²) < 4.78 is 3.21. The molecule has 0 saturated heterocycles. The van der Waals surface area contributed by atoms with Crippen molar-refractivity contribution >= 4 is 27.5 Å². The first-order valence-corrected chi connectivity index (χ1v) is 8.39. The normalized spacial score (nSPS) is 11.3. The number of halogens is 2. The van der Waals surface area contributed by atoms with Gasteiger partial charge in [-0.3, -0.25) is 9.58 Å². The Balaban J connectivity index is 2.14. The lowest BCUT2D eigenvalue weighted by molar-refractivity contribution is 0.307. The molecule has 2 rings (SSSR count). The third kappa shape index (κ3) is 3.87. The lowest BCUT2D eigenvalue weighted by atomic mass is 10.2. The Hall–Kier alpha value is -0.840. The second kappa shape index (κ2) is 7.43. The molecule has 0 aliphatic rings. The van der Waals surface area contributed by atoms with Gasteiger partial charge >= 0.3 is 0 Å². The van der Waals surface area contributed by atoms with Gasteiger partial charge in [-0.25, -0.2) is 0 Å². The van der Waals surface area contributed by atoms with Crippen molar-refractivity contribution in [1.82, 2.24) is 14.7 Å². The topological polar surface area (TPSA) is 21.1 Å². The Morgan fingerprint density at radius 2 is 1.95 bits per heavy atom. The molecule has 1 heterocycles. The Labute approximate surface area is 140 Å². The van der Waals surface area contributed by atoms with E-state index in [2.05, 4.69) is 57.6 Å². The molecule has 0 spiro atoms. The third-order valence-corrected chi connectivity index (χ3v) is 4.80. The fourth-order valence-electron chi connectivity index (χ4n) is 2.40. The summed E-state index contributed by atoms with van der Waals surface area (Å²) in [6.07, 6.45) is 0.939. The van der Waals surface area contributed by atoms with Crippen molar-refractivity contribution in [3.63, 3.8) is 0 Å². The molecule has 0 aliphatic heterocycles. The average molecular weight is 371 g/mol. The van der Waals surface area contributed by atoms with Crippen molar-refractivity contribution in [3.05, 3.63) is 50.7 Å². The second-order valence-electron chi connectivity index (χ2n) is 5.14. The Kier molecular flexibility index (Phi) is 5.85. The van der Waals surface area contributed by atoms with Crippen LogP contribution in [-0.2, 0) is 26.1 Å². The minimum absolute atomic E-state index is 0.821. The first-order valence-electron chi connectivity index (χ1n) is 7.22. The van der Waals surface area contributed by atoms with Crippen molar-refractivity contribution in [1.29, 1.82) is 0 Å². The van der Waals surface area contributed by atoms with Gasteiger partial charge in [0.2, 0.25) is 0 Å². The fourth-order valence-corrected chi connectivity index (χ4v) is 3.28. The molecule has 0 bridgehead atoms. The number of rotatable bonds is 6. The quantitative estimate of drug-likeness (QED) is 0.746. The van der Waals surface area contributed by atoms with Crippen LogP contribution in [0.1, 0.15) is 30.8 Å². The zero-order valence-corrected chi connectivity index (χ0v) is 15.1. The van der Waals surface area contributed by atoms with E-state index in [0.717, 1.165) is 46.8 Å². The molecule has 0 atom stereocenters. The van der Waals surface area contributed by atoms with E-state index in [0.29, 0.717) is 0 Å². The van der Waals surface area contributed by atoms with Gasteiger partial charge < -0.3 is 0 Å². The van der Waals surface area contributed by atoms with Crippen LogP contribution in [0.5, 0.6) is 0 Å². The maximum atomic E-state index is 6.23. The van der Waals surface area contributed by atoms with Crippen LogP contribution in [0.4, 0.5) is 0 Å². The molecule has 0 fully saturated rings. The van der Waals surface area contributed by atoms with Gasteiger partial charge in [-0.2, -0.15) is 5.10 Å². The van der Waals surface area contributed by atoms with E-state index in [1.54, 1.807) is 0 Å². The highest BCUT2D eigenvalue weighted by molar-refractivity contribution is 9.10. The average Bonchev–Trinajstić information content (AvgIpc) is 2.77. The maximum Gasteiger partial charge on any atom is 0.0767 e. The van der Waals surface area contributed by atoms with E-state index < -0.39 is 0 Å². The van der Waals surface area contributed by atoms with Gasteiger partial charge in [0.05, 0.1) is 15.9 Å². The van der Waals surface area contributed by atoms with Crippen LogP contribution in [0, 0.1) is 0 Å². The Bertz CT molecular complexity index is 610. The zero-order chi connectivity index (χ0) is 15.4. The molecule has 0 saturated carbocycles. The van der Waals surface area contributed by atoms with E-state index in [1.807, 2.05) is 18.2 Å². The molecule has 1 aromatic carbocycles. The number of hydrogen-bond acceptors (Lipinski definition) is 2. The third-order valence-electron chi connectivity index (χ3n) is 3.51. The number of hydrogen-bond donors (Lipinski definition) is 0. The number of benzene rings is 1. The van der Waals surface area contributed by atoms with Crippen LogP contribution < -0.4 is 0 Å². The first kappa shape index (κ1) is 16.5. The predicted molar refractivity (Wildman–Crippen MR) is 91.6 cm³/mol. The fraction of sp³-hybridized carbons (Fsp3) is 0.438. The standard InChI is InChI=1S/C16H21BrClN3/c1-4-14-16(17)15(21(5-2)19-14)11-20(3)10-12-8-6-7-9-13(12)18/h6-9H,4-5,10-11H2,1-3H3. The first-order chi connectivity index (χ1) is 10.1. The summed E-state index contributed by atoms with van der Waals surface area (Å²) in [6.45, 7) is 6.80. The molecule has 2 aromatic rings. The van der Waals surface area contributed by atoms with E-state index in [4.69, 9.17) is 11.6 Å². The van der Waals surface area contributed by atoms with E-state index in [9.17, 15) is 0 Å². The van der Waals surface area contributed by atoms with E-state index >= 15 is 0 Å². The molecule has 0 unspecified atom stereocenters. The molecule has 114 valence electrons. The molecule has 0 N–H and O–H groups in total. The highest BCUT2D eigenvalue weighted by Gasteiger charge is 2.15. The van der Waals surface area contributed by atoms with Gasteiger partial charge in [0, 0.05) is 24.7 Å². The molecule has 21 heavy (non-hydrogen) atoms. The second-order valence-corrected chi connectivity index (χ2v) is 6.34. The number of aryl methyl sites for hydroxylation is 2. The maximum absolute atomic E-state index is 6.23. The smallest absolute Gasteiger partial charge is 0.0767 e. The van der Waals surface area contributed by atoms with Crippen LogP contribution >= 0.6 is 27.5 Å². The molecule has 5 heteroatoms. The van der Waals surface area contributed by atoms with Gasteiger partial charge in [-0.15, -0.1) is 0 Å². The van der Waals surface area contributed by atoms with Gasteiger partial charge in [0.25, 0.3) is 0 Å². The molecule has 1 aromatic heterocycles. The zero-order valence-electron chi connectivity index (χ0n) is 12.7. The van der Waals surface area contributed by atoms with Crippen LogP contribution in [0.3, 0.4) is 0 Å². The number of nitrogens with zero attached hydrogens (tertiary/aromatic N) is 3. The predicted octanol–water partition coefficient (Wildman–Crippen LogP) is 4.51. The lowest BCUT2D eigenvalue weighted by Crippen LogP contribution is -2.20. The summed E-state index contributed by atoms with van der Waals surface area (Å²) in [6, 6.07) is 7.99. The summed E-state index contributed by atoms with van der Waals surface area (Å²) in [5.41, 5.74) is 3.50. The SMILES string of the molecule is CCc1nn(CC)c(CN(C)Cc2ccccc2Cl)c1Br. The van der Waals surface area contributed by atoms with Crippen LogP contribution in [0.15, 0.2) is 28.7 Å². The molecule has 0 amide bonds. The number of aromatic nitrogens is 2. The largest absolute Gasteiger partial charge is 0.296 e. The summed E-state index contributed by atoms with van der Waals surface area (Å²) in [7, 11) is 2.11. The van der Waals surface area contributed by atoms with Crippen molar-refractivity contribution in [2.75, 3.05) is 7.05 Å². The van der Waals surface area contributed by atoms with Gasteiger partial charge in [-0.05, 0) is 48.0 Å². The lowest BCUT2D eigenvalue weighted by Gasteiger charge is -2.18. The van der Waals surface area contributed by atoms with Crippen LogP contribution in [0.2, 0.25) is 5.02 Å². The monoisotopic (exact) mass is 369 g/mol. The van der Waals surface area contributed by atoms with Crippen molar-refractivity contribution in [2.45, 2.75) is 39.9 Å². The summed E-state index contributed by atoms with van der Waals surface area (Å²) >= 11 is 9.93. The summed E-state index contributed by atoms with van der Waals surface area (Å²) in [5, 5.41) is 5.46. The molecule has 0 aliphatic carbocycles. The Morgan fingerprint density at radius 3 is 2.57 bits per heavy atom. The van der Waals surface area contributed by atoms with Crippen molar-refractivity contribution < 1.29 is 0 Å². The minimum Gasteiger partial charge on any atom is -0.296 e. The molecule has 0 radical (unpaired) electrons. The minimum atomic E-state index is 0.821.